The van der Waals surface area contributed by atoms with Crippen LogP contribution in [0.25, 0.3) is 0 Å². The van der Waals surface area contributed by atoms with Crippen molar-refractivity contribution in [2.45, 2.75) is 46.5 Å². The zero-order valence-electron chi connectivity index (χ0n) is 17.3. The second kappa shape index (κ2) is 7.23. The molecule has 0 spiro atoms. The van der Waals surface area contributed by atoms with E-state index in [1.165, 1.54) is 12.1 Å². The summed E-state index contributed by atoms with van der Waals surface area (Å²) in [6.45, 7) is 5.74. The molecule has 0 aliphatic heterocycles. The summed E-state index contributed by atoms with van der Waals surface area (Å²) >= 11 is 0. The minimum Gasteiger partial charge on any atom is -0.512 e. The van der Waals surface area contributed by atoms with Gasteiger partial charge in [-0.3, -0.25) is 0 Å². The number of phenols is 6. The average Bonchev–Trinajstić information content (AvgIpc) is 2.58. The molecule has 0 heterocycles. The van der Waals surface area contributed by atoms with Crippen LogP contribution in [0.2, 0.25) is 0 Å². The molecule has 1 aliphatic rings. The molecule has 0 bridgehead atoms. The van der Waals surface area contributed by atoms with Crippen LogP contribution < -0.4 is 0 Å². The molecule has 1 atom stereocenters. The van der Waals surface area contributed by atoms with E-state index in [0.717, 1.165) is 12.1 Å². The van der Waals surface area contributed by atoms with Gasteiger partial charge in [0.2, 0.25) is 0 Å². The first-order valence-electron chi connectivity index (χ1n) is 9.70. The minimum atomic E-state index is -0.618. The van der Waals surface area contributed by atoms with Crippen LogP contribution in [0.1, 0.15) is 44.7 Å². The highest BCUT2D eigenvalue weighted by Crippen LogP contribution is 2.52. The molecule has 0 amide bonds. The number of allylic oxidation sites excluding steroid dienone is 2. The van der Waals surface area contributed by atoms with Gasteiger partial charge in [-0.1, -0.05) is 20.8 Å². The Labute approximate surface area is 174 Å². The van der Waals surface area contributed by atoms with E-state index in [9.17, 15) is 35.7 Å². The van der Waals surface area contributed by atoms with E-state index < -0.39 is 10.8 Å². The van der Waals surface area contributed by atoms with Crippen LogP contribution in [0.5, 0.6) is 34.5 Å². The fourth-order valence-electron chi connectivity index (χ4n) is 4.82. The van der Waals surface area contributed by atoms with Crippen molar-refractivity contribution in [1.29, 1.82) is 0 Å². The van der Waals surface area contributed by atoms with E-state index in [0.29, 0.717) is 30.4 Å². The Kier molecular flexibility index (Phi) is 5.18. The Bertz CT molecular complexity index is 976. The van der Waals surface area contributed by atoms with E-state index >= 15 is 0 Å². The summed E-state index contributed by atoms with van der Waals surface area (Å²) in [5, 5.41) is 70.8. The van der Waals surface area contributed by atoms with Gasteiger partial charge in [-0.15, -0.1) is 0 Å². The van der Waals surface area contributed by atoms with E-state index in [-0.39, 0.29) is 52.2 Å². The predicted molar refractivity (Wildman–Crippen MR) is 111 cm³/mol. The summed E-state index contributed by atoms with van der Waals surface area (Å²) in [6.07, 6.45) is 1.32. The summed E-state index contributed by atoms with van der Waals surface area (Å²) in [5.74, 6) is -1.29. The molecule has 1 unspecified atom stereocenters. The molecule has 7 N–H and O–H groups in total. The molecule has 3 rings (SSSR count). The van der Waals surface area contributed by atoms with Gasteiger partial charge >= 0.3 is 0 Å². The normalized spacial score (nSPS) is 21.0. The summed E-state index contributed by atoms with van der Waals surface area (Å²) in [6, 6.07) is 4.61. The van der Waals surface area contributed by atoms with Gasteiger partial charge in [0.25, 0.3) is 0 Å². The SMILES string of the molecule is CC1(Cc2c(O)cc(O)cc2O)CC(Cc2c(O)cc(O)cc2O)=C(O)C(C)(C)C1. The first kappa shape index (κ1) is 21.5. The zero-order valence-corrected chi connectivity index (χ0v) is 17.3. The monoisotopic (exact) mass is 416 g/mol. The van der Waals surface area contributed by atoms with Gasteiger partial charge in [0, 0.05) is 47.2 Å². The third kappa shape index (κ3) is 4.06. The molecule has 0 radical (unpaired) electrons. The van der Waals surface area contributed by atoms with E-state index in [1.54, 1.807) is 0 Å². The Morgan fingerprint density at radius 3 is 1.60 bits per heavy atom. The number of aliphatic hydroxyl groups is 1. The molecule has 0 saturated carbocycles. The zero-order chi connectivity index (χ0) is 22.4. The third-order valence-corrected chi connectivity index (χ3v) is 5.85. The molecule has 0 saturated heterocycles. The van der Waals surface area contributed by atoms with Crippen molar-refractivity contribution < 1.29 is 35.7 Å². The molecule has 162 valence electrons. The second-order valence-electron chi connectivity index (χ2n) is 9.28. The van der Waals surface area contributed by atoms with Gasteiger partial charge < -0.3 is 35.7 Å². The Morgan fingerprint density at radius 1 is 0.700 bits per heavy atom. The summed E-state index contributed by atoms with van der Waals surface area (Å²) < 4.78 is 0. The smallest absolute Gasteiger partial charge is 0.126 e. The molecular formula is C23H28O7. The van der Waals surface area contributed by atoms with Crippen LogP contribution in [0.15, 0.2) is 35.6 Å². The first-order chi connectivity index (χ1) is 13.8. The Hall–Kier alpha value is -3.22. The molecule has 7 heteroatoms. The minimum absolute atomic E-state index is 0.0797. The number of rotatable bonds is 4. The number of benzene rings is 2. The van der Waals surface area contributed by atoms with Gasteiger partial charge in [-0.05, 0) is 30.3 Å². The van der Waals surface area contributed by atoms with Crippen molar-refractivity contribution in [3.8, 4) is 34.5 Å². The summed E-state index contributed by atoms with van der Waals surface area (Å²) in [5.41, 5.74) is 0.0286. The van der Waals surface area contributed by atoms with Crippen LogP contribution in [0.3, 0.4) is 0 Å². The van der Waals surface area contributed by atoms with Gasteiger partial charge in [-0.25, -0.2) is 0 Å². The van der Waals surface area contributed by atoms with Crippen LogP contribution in [-0.2, 0) is 12.8 Å². The lowest BCUT2D eigenvalue weighted by Gasteiger charge is -2.44. The van der Waals surface area contributed by atoms with Crippen molar-refractivity contribution in [1.82, 2.24) is 0 Å². The van der Waals surface area contributed by atoms with Crippen molar-refractivity contribution in [2.24, 2.45) is 10.8 Å². The quantitative estimate of drug-likeness (QED) is 0.393. The number of aliphatic hydroxyl groups excluding tert-OH is 1. The molecular weight excluding hydrogens is 388 g/mol. The van der Waals surface area contributed by atoms with Gasteiger partial charge in [-0.2, -0.15) is 0 Å². The molecule has 7 nitrogen and oxygen atoms in total. The number of hydrogen-bond acceptors (Lipinski definition) is 7. The molecule has 30 heavy (non-hydrogen) atoms. The van der Waals surface area contributed by atoms with Crippen LogP contribution in [0, 0.1) is 10.8 Å². The first-order valence-corrected chi connectivity index (χ1v) is 9.70. The fourth-order valence-corrected chi connectivity index (χ4v) is 4.82. The van der Waals surface area contributed by atoms with Crippen LogP contribution in [-0.4, -0.2) is 35.7 Å². The van der Waals surface area contributed by atoms with Gasteiger partial charge in [0.05, 0.1) is 5.76 Å². The Morgan fingerprint density at radius 2 is 1.13 bits per heavy atom. The maximum absolute atomic E-state index is 10.9. The number of hydrogen-bond donors (Lipinski definition) is 7. The summed E-state index contributed by atoms with van der Waals surface area (Å²) in [7, 11) is 0. The molecule has 0 fully saturated rings. The highest BCUT2D eigenvalue weighted by atomic mass is 16.3. The maximum atomic E-state index is 10.9. The van der Waals surface area contributed by atoms with Crippen molar-refractivity contribution >= 4 is 0 Å². The molecule has 1 aliphatic carbocycles. The van der Waals surface area contributed by atoms with Gasteiger partial charge in [0.15, 0.2) is 0 Å². The largest absolute Gasteiger partial charge is 0.512 e. The topological polar surface area (TPSA) is 142 Å². The van der Waals surface area contributed by atoms with E-state index in [1.807, 2.05) is 20.8 Å². The molecule has 2 aromatic carbocycles. The molecule has 2 aromatic rings. The fraction of sp³-hybridized carbons (Fsp3) is 0.391. The highest BCUT2D eigenvalue weighted by molar-refractivity contribution is 5.51. The molecule has 0 aromatic heterocycles. The predicted octanol–water partition coefficient (Wildman–Crippen LogP) is 4.34. The third-order valence-electron chi connectivity index (χ3n) is 5.85. The van der Waals surface area contributed by atoms with E-state index in [2.05, 4.69) is 0 Å². The number of aromatic hydroxyl groups is 6. The van der Waals surface area contributed by atoms with Crippen molar-refractivity contribution in [2.75, 3.05) is 0 Å². The maximum Gasteiger partial charge on any atom is 0.126 e. The average molecular weight is 416 g/mol. The summed E-state index contributed by atoms with van der Waals surface area (Å²) in [4.78, 5) is 0. The lowest BCUT2D eigenvalue weighted by Crippen LogP contribution is -2.35. The van der Waals surface area contributed by atoms with Crippen LogP contribution in [0.4, 0.5) is 0 Å². The van der Waals surface area contributed by atoms with Crippen molar-refractivity contribution in [3.63, 3.8) is 0 Å². The van der Waals surface area contributed by atoms with Gasteiger partial charge in [0.1, 0.15) is 34.5 Å². The van der Waals surface area contributed by atoms with Crippen molar-refractivity contribution in [3.05, 3.63) is 46.7 Å². The lowest BCUT2D eigenvalue weighted by molar-refractivity contribution is 0.119. The van der Waals surface area contributed by atoms with Crippen LogP contribution >= 0.6 is 0 Å². The Balaban J connectivity index is 1.98. The standard InChI is InChI=1S/C23H28O7/c1-22(2)11-23(3,10-16-19(28)7-14(25)8-20(16)29)9-12(21(22)30)4-15-17(26)5-13(24)6-18(15)27/h5-8,24-30H,4,9-11H2,1-3H3. The van der Waals surface area contributed by atoms with E-state index in [4.69, 9.17) is 0 Å². The second-order valence-corrected chi connectivity index (χ2v) is 9.28. The highest BCUT2D eigenvalue weighted by Gasteiger charge is 2.43. The number of phenolic OH excluding ortho intramolecular Hbond substituents is 6. The lowest BCUT2D eigenvalue weighted by atomic mass is 9.61.